The molecule has 2 atom stereocenters. The fourth-order valence-corrected chi connectivity index (χ4v) is 1.91. The fourth-order valence-electron chi connectivity index (χ4n) is 1.91. The molecule has 0 aliphatic carbocycles. The molecular formula is C13H26. The molecule has 0 saturated carbocycles. The van der Waals surface area contributed by atoms with Crippen molar-refractivity contribution in [3.8, 4) is 0 Å². The molecule has 13 heavy (non-hydrogen) atoms. The molecule has 78 valence electrons. The van der Waals surface area contributed by atoms with E-state index < -0.39 is 0 Å². The minimum Gasteiger partial charge on any atom is -0.103 e. The van der Waals surface area contributed by atoms with Gasteiger partial charge in [0.2, 0.25) is 0 Å². The van der Waals surface area contributed by atoms with Gasteiger partial charge in [0, 0.05) is 0 Å². The van der Waals surface area contributed by atoms with Crippen LogP contribution in [0.2, 0.25) is 0 Å². The molecule has 0 amide bonds. The van der Waals surface area contributed by atoms with E-state index in [0.717, 1.165) is 17.8 Å². The summed E-state index contributed by atoms with van der Waals surface area (Å²) in [6.45, 7) is 13.1. The molecule has 0 aliphatic rings. The summed E-state index contributed by atoms with van der Waals surface area (Å²) >= 11 is 0. The summed E-state index contributed by atoms with van der Waals surface area (Å²) in [5.41, 5.74) is 0. The van der Waals surface area contributed by atoms with Gasteiger partial charge >= 0.3 is 0 Å². The molecule has 0 aliphatic heterocycles. The van der Waals surface area contributed by atoms with E-state index in [0.29, 0.717) is 0 Å². The number of hydrogen-bond acceptors (Lipinski definition) is 0. The van der Waals surface area contributed by atoms with Gasteiger partial charge in [-0.25, -0.2) is 0 Å². The summed E-state index contributed by atoms with van der Waals surface area (Å²) in [6, 6.07) is 0. The van der Waals surface area contributed by atoms with E-state index >= 15 is 0 Å². The first-order chi connectivity index (χ1) is 6.13. The molecule has 0 rings (SSSR count). The van der Waals surface area contributed by atoms with Gasteiger partial charge in [0.15, 0.2) is 0 Å². The Bertz CT molecular complexity index is 124. The number of rotatable bonds is 7. The summed E-state index contributed by atoms with van der Waals surface area (Å²) in [7, 11) is 0. The van der Waals surface area contributed by atoms with Crippen molar-refractivity contribution in [2.75, 3.05) is 0 Å². The molecular weight excluding hydrogens is 156 g/mol. The first-order valence-electron chi connectivity index (χ1n) is 5.74. The van der Waals surface area contributed by atoms with E-state index in [1.807, 2.05) is 6.08 Å². The predicted molar refractivity (Wildman–Crippen MR) is 61.8 cm³/mol. The number of unbranched alkanes of at least 4 members (excludes halogenated alkanes) is 1. The summed E-state index contributed by atoms with van der Waals surface area (Å²) in [5, 5.41) is 0. The van der Waals surface area contributed by atoms with Crippen LogP contribution in [0.15, 0.2) is 12.7 Å². The van der Waals surface area contributed by atoms with Crippen LogP contribution >= 0.6 is 0 Å². The third-order valence-electron chi connectivity index (χ3n) is 3.30. The minimum atomic E-state index is 0.827. The van der Waals surface area contributed by atoms with E-state index in [9.17, 15) is 0 Å². The first-order valence-corrected chi connectivity index (χ1v) is 5.74. The van der Waals surface area contributed by atoms with Crippen molar-refractivity contribution in [2.45, 2.75) is 53.4 Å². The number of hydrogen-bond donors (Lipinski definition) is 0. The summed E-state index contributed by atoms with van der Waals surface area (Å²) in [5.74, 6) is 2.61. The van der Waals surface area contributed by atoms with Crippen molar-refractivity contribution in [3.05, 3.63) is 12.7 Å². The van der Waals surface area contributed by atoms with Crippen LogP contribution < -0.4 is 0 Å². The van der Waals surface area contributed by atoms with E-state index in [-0.39, 0.29) is 0 Å². The van der Waals surface area contributed by atoms with Gasteiger partial charge in [-0.1, -0.05) is 40.2 Å². The molecule has 0 aromatic rings. The molecule has 2 unspecified atom stereocenters. The second-order valence-electron chi connectivity index (χ2n) is 4.49. The fraction of sp³-hybridized carbons (Fsp3) is 0.846. The van der Waals surface area contributed by atoms with Crippen molar-refractivity contribution in [2.24, 2.45) is 17.8 Å². The third kappa shape index (κ3) is 5.13. The van der Waals surface area contributed by atoms with Crippen molar-refractivity contribution >= 4 is 0 Å². The maximum absolute atomic E-state index is 3.76. The standard InChI is InChI=1S/C13H26/c1-6-8-9-10-13(7-2)12(5)11(3)4/h6,11-13H,1,7-10H2,2-5H3. The quantitative estimate of drug-likeness (QED) is 0.397. The van der Waals surface area contributed by atoms with Crippen molar-refractivity contribution in [3.63, 3.8) is 0 Å². The lowest BCUT2D eigenvalue weighted by Gasteiger charge is -2.25. The van der Waals surface area contributed by atoms with Crippen molar-refractivity contribution < 1.29 is 0 Å². The largest absolute Gasteiger partial charge is 0.103 e. The molecule has 0 aromatic heterocycles. The highest BCUT2D eigenvalue weighted by molar-refractivity contribution is 4.71. The van der Waals surface area contributed by atoms with Crippen LogP contribution in [0.5, 0.6) is 0 Å². The third-order valence-corrected chi connectivity index (χ3v) is 3.30. The molecule has 0 fully saturated rings. The molecule has 0 heterocycles. The Morgan fingerprint density at radius 2 is 1.85 bits per heavy atom. The van der Waals surface area contributed by atoms with Crippen LogP contribution in [-0.2, 0) is 0 Å². The van der Waals surface area contributed by atoms with Crippen LogP contribution in [0.25, 0.3) is 0 Å². The second kappa shape index (κ2) is 7.17. The minimum absolute atomic E-state index is 0.827. The van der Waals surface area contributed by atoms with Crippen LogP contribution in [0, 0.1) is 17.8 Å². The highest BCUT2D eigenvalue weighted by Gasteiger charge is 2.17. The Kier molecular flexibility index (Phi) is 7.03. The summed E-state index contributed by atoms with van der Waals surface area (Å²) in [4.78, 5) is 0. The van der Waals surface area contributed by atoms with Crippen LogP contribution in [-0.4, -0.2) is 0 Å². The molecule has 0 N–H and O–H groups in total. The van der Waals surface area contributed by atoms with Gasteiger partial charge in [0.1, 0.15) is 0 Å². The average molecular weight is 182 g/mol. The number of allylic oxidation sites excluding steroid dienone is 1. The summed E-state index contributed by atoms with van der Waals surface area (Å²) < 4.78 is 0. The zero-order chi connectivity index (χ0) is 10.3. The van der Waals surface area contributed by atoms with Crippen LogP contribution in [0.4, 0.5) is 0 Å². The Labute approximate surface area is 84.4 Å². The Morgan fingerprint density at radius 3 is 2.23 bits per heavy atom. The van der Waals surface area contributed by atoms with Gasteiger partial charge in [-0.05, 0) is 37.0 Å². The molecule has 0 heteroatoms. The molecule has 0 spiro atoms. The molecule has 0 nitrogen and oxygen atoms in total. The zero-order valence-corrected chi connectivity index (χ0v) is 9.84. The van der Waals surface area contributed by atoms with Crippen LogP contribution in [0.3, 0.4) is 0 Å². The van der Waals surface area contributed by atoms with Gasteiger partial charge in [0.25, 0.3) is 0 Å². The van der Waals surface area contributed by atoms with Gasteiger partial charge in [-0.2, -0.15) is 0 Å². The van der Waals surface area contributed by atoms with Crippen LogP contribution in [0.1, 0.15) is 53.4 Å². The van der Waals surface area contributed by atoms with Gasteiger partial charge in [0.05, 0.1) is 0 Å². The van der Waals surface area contributed by atoms with Crippen molar-refractivity contribution in [1.82, 2.24) is 0 Å². The topological polar surface area (TPSA) is 0 Å². The smallest absolute Gasteiger partial charge is 0.0353 e. The van der Waals surface area contributed by atoms with Gasteiger partial charge in [-0.15, -0.1) is 6.58 Å². The van der Waals surface area contributed by atoms with E-state index in [2.05, 4.69) is 34.3 Å². The molecule has 0 radical (unpaired) electrons. The Morgan fingerprint density at radius 1 is 1.23 bits per heavy atom. The summed E-state index contributed by atoms with van der Waals surface area (Å²) in [6.07, 6.45) is 7.24. The Hall–Kier alpha value is -0.260. The van der Waals surface area contributed by atoms with E-state index in [4.69, 9.17) is 0 Å². The Balaban J connectivity index is 3.80. The molecule has 0 aromatic carbocycles. The SMILES string of the molecule is C=CCCCC(CC)C(C)C(C)C. The maximum atomic E-state index is 3.76. The zero-order valence-electron chi connectivity index (χ0n) is 9.84. The van der Waals surface area contributed by atoms with Crippen molar-refractivity contribution in [1.29, 1.82) is 0 Å². The second-order valence-corrected chi connectivity index (χ2v) is 4.49. The molecule has 0 bridgehead atoms. The highest BCUT2D eigenvalue weighted by atomic mass is 14.2. The highest BCUT2D eigenvalue weighted by Crippen LogP contribution is 2.27. The lowest BCUT2D eigenvalue weighted by molar-refractivity contribution is 0.251. The monoisotopic (exact) mass is 182 g/mol. The normalized spacial score (nSPS) is 15.8. The first kappa shape index (κ1) is 12.7. The predicted octanol–water partition coefficient (Wildman–Crippen LogP) is 4.66. The van der Waals surface area contributed by atoms with E-state index in [1.165, 1.54) is 25.7 Å². The van der Waals surface area contributed by atoms with Gasteiger partial charge < -0.3 is 0 Å². The van der Waals surface area contributed by atoms with Gasteiger partial charge in [-0.3, -0.25) is 0 Å². The lowest BCUT2D eigenvalue weighted by atomic mass is 9.80. The maximum Gasteiger partial charge on any atom is -0.0353 e. The average Bonchev–Trinajstić information content (AvgIpc) is 2.11. The lowest BCUT2D eigenvalue weighted by Crippen LogP contribution is -2.16. The molecule has 0 saturated heterocycles. The van der Waals surface area contributed by atoms with E-state index in [1.54, 1.807) is 0 Å².